The van der Waals surface area contributed by atoms with Crippen LogP contribution in [0.5, 0.6) is 0 Å². The number of aryl methyl sites for hydroxylation is 1. The fourth-order valence-corrected chi connectivity index (χ4v) is 2.29. The lowest BCUT2D eigenvalue weighted by Gasteiger charge is -2.26. The topological polar surface area (TPSA) is 20.2 Å². The molecule has 0 bridgehead atoms. The molecule has 2 rings (SSSR count). The lowest BCUT2D eigenvalue weighted by atomic mass is 9.86. The Labute approximate surface area is 79.4 Å². The van der Waals surface area contributed by atoms with Gasteiger partial charge in [0, 0.05) is 5.92 Å². The van der Waals surface area contributed by atoms with Crippen LogP contribution in [0.15, 0.2) is 24.3 Å². The Morgan fingerprint density at radius 1 is 1.31 bits per heavy atom. The van der Waals surface area contributed by atoms with Crippen LogP contribution in [-0.4, -0.2) is 10.7 Å². The second kappa shape index (κ2) is 2.85. The van der Waals surface area contributed by atoms with Crippen LogP contribution in [-0.2, 0) is 6.42 Å². The van der Waals surface area contributed by atoms with E-state index in [2.05, 4.69) is 24.3 Å². The zero-order valence-corrected chi connectivity index (χ0v) is 8.25. The minimum atomic E-state index is -0.577. The number of hydrogen-bond acceptors (Lipinski definition) is 1. The first-order valence-electron chi connectivity index (χ1n) is 4.89. The van der Waals surface area contributed by atoms with E-state index in [1.807, 2.05) is 13.8 Å². The van der Waals surface area contributed by atoms with Crippen LogP contribution in [0.2, 0.25) is 0 Å². The minimum Gasteiger partial charge on any atom is -0.390 e. The molecule has 0 radical (unpaired) electrons. The summed E-state index contributed by atoms with van der Waals surface area (Å²) in [4.78, 5) is 0. The van der Waals surface area contributed by atoms with Crippen LogP contribution < -0.4 is 0 Å². The van der Waals surface area contributed by atoms with Crippen molar-refractivity contribution in [2.24, 2.45) is 0 Å². The van der Waals surface area contributed by atoms with Gasteiger partial charge in [-0.1, -0.05) is 24.3 Å². The van der Waals surface area contributed by atoms with Crippen molar-refractivity contribution in [1.82, 2.24) is 0 Å². The van der Waals surface area contributed by atoms with Crippen molar-refractivity contribution in [3.63, 3.8) is 0 Å². The fraction of sp³-hybridized carbons (Fsp3) is 0.500. The number of benzene rings is 1. The Morgan fingerprint density at radius 3 is 2.69 bits per heavy atom. The van der Waals surface area contributed by atoms with Gasteiger partial charge in [0.1, 0.15) is 0 Å². The second-order valence-corrected chi connectivity index (χ2v) is 4.44. The smallest absolute Gasteiger partial charge is 0.0660 e. The quantitative estimate of drug-likeness (QED) is 0.697. The van der Waals surface area contributed by atoms with E-state index in [9.17, 15) is 5.11 Å². The molecule has 0 saturated heterocycles. The molecule has 0 aliphatic heterocycles. The summed E-state index contributed by atoms with van der Waals surface area (Å²) in [5.74, 6) is 0.323. The summed E-state index contributed by atoms with van der Waals surface area (Å²) in [6, 6.07) is 8.44. The maximum atomic E-state index is 9.96. The van der Waals surface area contributed by atoms with Gasteiger partial charge in [-0.05, 0) is 37.8 Å². The lowest BCUT2D eigenvalue weighted by Crippen LogP contribution is -2.27. The zero-order chi connectivity index (χ0) is 9.47. The van der Waals surface area contributed by atoms with E-state index in [1.54, 1.807) is 0 Å². The molecule has 13 heavy (non-hydrogen) atoms. The van der Waals surface area contributed by atoms with Gasteiger partial charge in [-0.15, -0.1) is 0 Å². The van der Waals surface area contributed by atoms with E-state index in [4.69, 9.17) is 0 Å². The van der Waals surface area contributed by atoms with Gasteiger partial charge in [0.2, 0.25) is 0 Å². The van der Waals surface area contributed by atoms with Crippen LogP contribution in [0, 0.1) is 0 Å². The SMILES string of the molecule is CC(C)(O)C1CCc2ccccc21. The van der Waals surface area contributed by atoms with Crippen molar-refractivity contribution in [2.45, 2.75) is 38.2 Å². The van der Waals surface area contributed by atoms with Gasteiger partial charge in [0.25, 0.3) is 0 Å². The van der Waals surface area contributed by atoms with Gasteiger partial charge < -0.3 is 5.11 Å². The average molecular weight is 176 g/mol. The van der Waals surface area contributed by atoms with Crippen molar-refractivity contribution in [3.05, 3.63) is 35.4 Å². The second-order valence-electron chi connectivity index (χ2n) is 4.44. The van der Waals surface area contributed by atoms with E-state index in [0.29, 0.717) is 5.92 Å². The van der Waals surface area contributed by atoms with Gasteiger partial charge in [-0.2, -0.15) is 0 Å². The van der Waals surface area contributed by atoms with Crippen molar-refractivity contribution < 1.29 is 5.11 Å². The third-order valence-electron chi connectivity index (χ3n) is 2.99. The molecule has 0 amide bonds. The van der Waals surface area contributed by atoms with E-state index < -0.39 is 5.60 Å². The Hall–Kier alpha value is -0.820. The Morgan fingerprint density at radius 2 is 2.00 bits per heavy atom. The minimum absolute atomic E-state index is 0.323. The molecule has 1 aliphatic rings. The van der Waals surface area contributed by atoms with E-state index >= 15 is 0 Å². The van der Waals surface area contributed by atoms with Gasteiger partial charge in [-0.3, -0.25) is 0 Å². The van der Waals surface area contributed by atoms with E-state index in [0.717, 1.165) is 12.8 Å². The van der Waals surface area contributed by atoms with E-state index in [1.165, 1.54) is 11.1 Å². The molecule has 1 aromatic rings. The molecule has 1 aromatic carbocycles. The van der Waals surface area contributed by atoms with Crippen molar-refractivity contribution in [1.29, 1.82) is 0 Å². The maximum Gasteiger partial charge on any atom is 0.0660 e. The molecule has 1 aliphatic carbocycles. The summed E-state index contributed by atoms with van der Waals surface area (Å²) in [6.07, 6.45) is 2.20. The molecule has 1 atom stereocenters. The van der Waals surface area contributed by atoms with Gasteiger partial charge in [-0.25, -0.2) is 0 Å². The molecule has 1 nitrogen and oxygen atoms in total. The molecule has 1 unspecified atom stereocenters. The summed E-state index contributed by atoms with van der Waals surface area (Å²) in [6.45, 7) is 3.81. The van der Waals surface area contributed by atoms with Crippen molar-refractivity contribution >= 4 is 0 Å². The van der Waals surface area contributed by atoms with Crippen molar-refractivity contribution in [3.8, 4) is 0 Å². The largest absolute Gasteiger partial charge is 0.390 e. The first-order chi connectivity index (χ1) is 6.09. The third kappa shape index (κ3) is 1.49. The number of fused-ring (bicyclic) bond motifs is 1. The summed E-state index contributed by atoms with van der Waals surface area (Å²) in [5, 5.41) is 9.96. The molecular formula is C12H16O. The number of rotatable bonds is 1. The Kier molecular flexibility index (Phi) is 1.92. The van der Waals surface area contributed by atoms with Crippen LogP contribution in [0.3, 0.4) is 0 Å². The zero-order valence-electron chi connectivity index (χ0n) is 8.25. The monoisotopic (exact) mass is 176 g/mol. The standard InChI is InChI=1S/C12H16O/c1-12(2,13)11-8-7-9-5-3-4-6-10(9)11/h3-6,11,13H,7-8H2,1-2H3. The molecule has 0 spiro atoms. The lowest BCUT2D eigenvalue weighted by molar-refractivity contribution is 0.0502. The van der Waals surface area contributed by atoms with Crippen molar-refractivity contribution in [2.75, 3.05) is 0 Å². The predicted octanol–water partition coefficient (Wildman–Crippen LogP) is 2.49. The summed E-state index contributed by atoms with van der Waals surface area (Å²) in [5.41, 5.74) is 2.18. The first kappa shape index (κ1) is 8.76. The highest BCUT2D eigenvalue weighted by Gasteiger charge is 2.33. The molecular weight excluding hydrogens is 160 g/mol. The summed E-state index contributed by atoms with van der Waals surface area (Å²) >= 11 is 0. The molecule has 0 aromatic heterocycles. The predicted molar refractivity (Wildman–Crippen MR) is 53.8 cm³/mol. The maximum absolute atomic E-state index is 9.96. The molecule has 1 N–H and O–H groups in total. The molecule has 0 fully saturated rings. The Balaban J connectivity index is 2.39. The van der Waals surface area contributed by atoms with Crippen LogP contribution in [0.1, 0.15) is 37.3 Å². The average Bonchev–Trinajstić information content (AvgIpc) is 2.45. The van der Waals surface area contributed by atoms with Crippen LogP contribution in [0.25, 0.3) is 0 Å². The number of aliphatic hydroxyl groups is 1. The first-order valence-corrected chi connectivity index (χ1v) is 4.89. The third-order valence-corrected chi connectivity index (χ3v) is 2.99. The van der Waals surface area contributed by atoms with Gasteiger partial charge in [0.05, 0.1) is 5.60 Å². The van der Waals surface area contributed by atoms with Gasteiger partial charge in [0.15, 0.2) is 0 Å². The normalized spacial score (nSPS) is 21.6. The molecule has 0 saturated carbocycles. The summed E-state index contributed by atoms with van der Waals surface area (Å²) < 4.78 is 0. The fourth-order valence-electron chi connectivity index (χ4n) is 2.29. The Bertz CT molecular complexity index is 309. The summed E-state index contributed by atoms with van der Waals surface area (Å²) in [7, 11) is 0. The highest BCUT2D eigenvalue weighted by molar-refractivity contribution is 5.36. The number of hydrogen-bond donors (Lipinski definition) is 1. The molecule has 0 heterocycles. The highest BCUT2D eigenvalue weighted by atomic mass is 16.3. The molecule has 70 valence electrons. The van der Waals surface area contributed by atoms with E-state index in [-0.39, 0.29) is 0 Å². The van der Waals surface area contributed by atoms with Gasteiger partial charge >= 0.3 is 0 Å². The van der Waals surface area contributed by atoms with Crippen LogP contribution in [0.4, 0.5) is 0 Å². The molecule has 1 heteroatoms. The van der Waals surface area contributed by atoms with Crippen LogP contribution >= 0.6 is 0 Å². The highest BCUT2D eigenvalue weighted by Crippen LogP contribution is 2.39.